The summed E-state index contributed by atoms with van der Waals surface area (Å²) in [5.74, 6) is 0.174. The molecular formula is C9H14N4O. The maximum Gasteiger partial charge on any atom is 0.256 e. The lowest BCUT2D eigenvalue weighted by Gasteiger charge is -2.08. The minimum Gasteiger partial charge on any atom is -0.383 e. The molecule has 14 heavy (non-hydrogen) atoms. The van der Waals surface area contributed by atoms with Crippen molar-refractivity contribution >= 4 is 11.7 Å². The number of nitrogens with zero attached hydrogens (tertiary/aromatic N) is 1. The van der Waals surface area contributed by atoms with E-state index in [1.54, 1.807) is 0 Å². The Balaban J connectivity index is 1.93. The molecule has 0 spiro atoms. The summed E-state index contributed by atoms with van der Waals surface area (Å²) in [5, 5.41) is 9.07. The fourth-order valence-electron chi connectivity index (χ4n) is 1.26. The van der Waals surface area contributed by atoms with Crippen LogP contribution in [0.25, 0.3) is 0 Å². The van der Waals surface area contributed by atoms with E-state index in [1.165, 1.54) is 19.0 Å². The molecule has 0 aliphatic heterocycles. The zero-order chi connectivity index (χ0) is 10.2. The Hall–Kier alpha value is -1.52. The van der Waals surface area contributed by atoms with Crippen molar-refractivity contribution < 1.29 is 4.79 Å². The number of nitrogens with one attached hydrogen (secondary N) is 2. The third-order valence-corrected chi connectivity index (χ3v) is 2.69. The summed E-state index contributed by atoms with van der Waals surface area (Å²) in [6.07, 6.45) is 3.82. The van der Waals surface area contributed by atoms with E-state index in [-0.39, 0.29) is 5.91 Å². The standard InChI is InChI=1S/C9H14N4O/c1-9(2-3-9)5-11-8(14)6-4-12-13-7(6)10/h4H,2-3,5H2,1H3,(H,11,14)(H3,10,12,13). The third kappa shape index (κ3) is 1.71. The SMILES string of the molecule is CC1(CNC(=O)c2cn[nH]c2N)CC1. The Morgan fingerprint density at radius 1 is 1.79 bits per heavy atom. The molecule has 76 valence electrons. The first-order valence-electron chi connectivity index (χ1n) is 4.68. The molecule has 1 amide bonds. The van der Waals surface area contributed by atoms with E-state index in [2.05, 4.69) is 22.4 Å². The monoisotopic (exact) mass is 194 g/mol. The van der Waals surface area contributed by atoms with Gasteiger partial charge in [0, 0.05) is 6.54 Å². The number of nitrogens with two attached hydrogens (primary N) is 1. The Morgan fingerprint density at radius 2 is 2.50 bits per heavy atom. The fourth-order valence-corrected chi connectivity index (χ4v) is 1.26. The molecule has 0 atom stereocenters. The van der Waals surface area contributed by atoms with Crippen molar-refractivity contribution in [3.05, 3.63) is 11.8 Å². The second-order valence-electron chi connectivity index (χ2n) is 4.19. The number of anilines is 1. The van der Waals surface area contributed by atoms with Crippen LogP contribution in [0, 0.1) is 5.41 Å². The molecule has 4 N–H and O–H groups in total. The number of nitrogen functional groups attached to an aromatic ring is 1. The predicted octanol–water partition coefficient (Wildman–Crippen LogP) is 0.522. The minimum atomic E-state index is -0.149. The molecule has 1 heterocycles. The van der Waals surface area contributed by atoms with Crippen LogP contribution in [0.3, 0.4) is 0 Å². The second-order valence-corrected chi connectivity index (χ2v) is 4.19. The van der Waals surface area contributed by atoms with Gasteiger partial charge in [0.1, 0.15) is 11.4 Å². The van der Waals surface area contributed by atoms with Crippen LogP contribution in [0.5, 0.6) is 0 Å². The van der Waals surface area contributed by atoms with Gasteiger partial charge in [-0.3, -0.25) is 9.89 Å². The topological polar surface area (TPSA) is 83.8 Å². The van der Waals surface area contributed by atoms with Crippen LogP contribution in [-0.2, 0) is 0 Å². The van der Waals surface area contributed by atoms with Gasteiger partial charge in [-0.2, -0.15) is 5.10 Å². The molecule has 1 saturated carbocycles. The molecule has 1 aliphatic carbocycles. The van der Waals surface area contributed by atoms with Crippen LogP contribution in [0.1, 0.15) is 30.1 Å². The predicted molar refractivity (Wildman–Crippen MR) is 52.7 cm³/mol. The van der Waals surface area contributed by atoms with Gasteiger partial charge < -0.3 is 11.1 Å². The molecule has 2 rings (SSSR count). The molecule has 0 saturated heterocycles. The largest absolute Gasteiger partial charge is 0.383 e. The molecule has 5 heteroatoms. The summed E-state index contributed by atoms with van der Waals surface area (Å²) in [5.41, 5.74) is 6.26. The third-order valence-electron chi connectivity index (χ3n) is 2.69. The molecule has 5 nitrogen and oxygen atoms in total. The van der Waals surface area contributed by atoms with Gasteiger partial charge in [0.2, 0.25) is 0 Å². The number of amides is 1. The van der Waals surface area contributed by atoms with Crippen molar-refractivity contribution in [2.75, 3.05) is 12.3 Å². The van der Waals surface area contributed by atoms with Gasteiger partial charge in [-0.1, -0.05) is 6.92 Å². The number of aromatic amines is 1. The van der Waals surface area contributed by atoms with Gasteiger partial charge in [0.25, 0.3) is 5.91 Å². The number of hydrogen-bond donors (Lipinski definition) is 3. The first kappa shape index (κ1) is 9.05. The Kier molecular flexibility index (Phi) is 1.94. The van der Waals surface area contributed by atoms with Crippen molar-refractivity contribution in [2.45, 2.75) is 19.8 Å². The first-order chi connectivity index (χ1) is 6.61. The lowest BCUT2D eigenvalue weighted by atomic mass is 10.1. The Morgan fingerprint density at radius 3 is 3.00 bits per heavy atom. The summed E-state index contributed by atoms with van der Waals surface area (Å²) < 4.78 is 0. The molecule has 0 unspecified atom stereocenters. The summed E-state index contributed by atoms with van der Waals surface area (Å²) in [4.78, 5) is 11.5. The lowest BCUT2D eigenvalue weighted by Crippen LogP contribution is -2.29. The van der Waals surface area contributed by atoms with Gasteiger partial charge >= 0.3 is 0 Å². The van der Waals surface area contributed by atoms with Gasteiger partial charge in [-0.25, -0.2) is 0 Å². The highest BCUT2D eigenvalue weighted by molar-refractivity contribution is 5.98. The van der Waals surface area contributed by atoms with Crippen LogP contribution in [0.15, 0.2) is 6.20 Å². The molecule has 0 bridgehead atoms. The van der Waals surface area contributed by atoms with E-state index in [4.69, 9.17) is 5.73 Å². The summed E-state index contributed by atoms with van der Waals surface area (Å²) >= 11 is 0. The smallest absolute Gasteiger partial charge is 0.256 e. The van der Waals surface area contributed by atoms with Crippen molar-refractivity contribution in [2.24, 2.45) is 5.41 Å². The highest BCUT2D eigenvalue weighted by atomic mass is 16.1. The van der Waals surface area contributed by atoms with Crippen LogP contribution in [-0.4, -0.2) is 22.6 Å². The normalized spacial score (nSPS) is 17.8. The average Bonchev–Trinajstić information content (AvgIpc) is 2.72. The van der Waals surface area contributed by atoms with Gasteiger partial charge in [-0.15, -0.1) is 0 Å². The number of aromatic nitrogens is 2. The lowest BCUT2D eigenvalue weighted by molar-refractivity contribution is 0.0947. The maximum atomic E-state index is 11.5. The van der Waals surface area contributed by atoms with Gasteiger partial charge in [0.05, 0.1) is 6.20 Å². The quantitative estimate of drug-likeness (QED) is 0.656. The second kappa shape index (κ2) is 3.01. The molecule has 1 aromatic heterocycles. The number of carbonyl (C=O) groups excluding carboxylic acids is 1. The van der Waals surface area contributed by atoms with Crippen molar-refractivity contribution in [1.29, 1.82) is 0 Å². The molecule has 1 aliphatic rings. The highest BCUT2D eigenvalue weighted by Gasteiger charge is 2.37. The number of carbonyl (C=O) groups is 1. The van der Waals surface area contributed by atoms with Crippen LogP contribution < -0.4 is 11.1 Å². The van der Waals surface area contributed by atoms with Gasteiger partial charge in [0.15, 0.2) is 0 Å². The zero-order valence-corrected chi connectivity index (χ0v) is 8.13. The first-order valence-corrected chi connectivity index (χ1v) is 4.68. The Labute approximate surface area is 82.1 Å². The van der Waals surface area contributed by atoms with Crippen LogP contribution >= 0.6 is 0 Å². The van der Waals surface area contributed by atoms with E-state index in [0.29, 0.717) is 16.8 Å². The maximum absolute atomic E-state index is 11.5. The summed E-state index contributed by atoms with van der Waals surface area (Å²) in [6, 6.07) is 0. The van der Waals surface area contributed by atoms with E-state index in [0.717, 1.165) is 6.54 Å². The summed E-state index contributed by atoms with van der Waals surface area (Å²) in [6.45, 7) is 2.88. The minimum absolute atomic E-state index is 0.149. The van der Waals surface area contributed by atoms with E-state index in [1.807, 2.05) is 0 Å². The molecule has 1 aromatic rings. The molecular weight excluding hydrogens is 180 g/mol. The Bertz CT molecular complexity index is 353. The van der Waals surface area contributed by atoms with E-state index >= 15 is 0 Å². The van der Waals surface area contributed by atoms with Crippen molar-refractivity contribution in [3.63, 3.8) is 0 Å². The number of H-pyrrole nitrogens is 1. The van der Waals surface area contributed by atoms with Crippen LogP contribution in [0.2, 0.25) is 0 Å². The molecule has 0 radical (unpaired) electrons. The zero-order valence-electron chi connectivity index (χ0n) is 8.13. The average molecular weight is 194 g/mol. The van der Waals surface area contributed by atoms with Crippen molar-refractivity contribution in [1.82, 2.24) is 15.5 Å². The van der Waals surface area contributed by atoms with Gasteiger partial charge in [-0.05, 0) is 18.3 Å². The number of rotatable bonds is 3. The highest BCUT2D eigenvalue weighted by Crippen LogP contribution is 2.44. The molecule has 1 fully saturated rings. The van der Waals surface area contributed by atoms with E-state index in [9.17, 15) is 4.79 Å². The number of hydrogen-bond acceptors (Lipinski definition) is 3. The summed E-state index contributed by atoms with van der Waals surface area (Å²) in [7, 11) is 0. The molecule has 0 aromatic carbocycles. The van der Waals surface area contributed by atoms with E-state index < -0.39 is 0 Å². The van der Waals surface area contributed by atoms with Crippen LogP contribution in [0.4, 0.5) is 5.82 Å². The fraction of sp³-hybridized carbons (Fsp3) is 0.556. The van der Waals surface area contributed by atoms with Crippen molar-refractivity contribution in [3.8, 4) is 0 Å².